The van der Waals surface area contributed by atoms with Crippen LogP contribution in [0.3, 0.4) is 0 Å². The number of unbranched alkanes of at least 4 members (excludes halogenated alkanes) is 3. The number of fused-ring (bicyclic) bond motifs is 1. The first kappa shape index (κ1) is 15.2. The lowest BCUT2D eigenvalue weighted by Crippen LogP contribution is -1.93. The summed E-state index contributed by atoms with van der Waals surface area (Å²) in [6.07, 6.45) is 6.77. The second-order valence-corrected chi connectivity index (χ2v) is 8.70. The lowest BCUT2D eigenvalue weighted by molar-refractivity contribution is 0.631. The molecule has 2 rings (SSSR count). The molecule has 0 aliphatic heterocycles. The van der Waals surface area contributed by atoms with Crippen molar-refractivity contribution in [1.82, 2.24) is 4.98 Å². The molecule has 0 aliphatic rings. The molecule has 0 radical (unpaired) electrons. The van der Waals surface area contributed by atoms with Crippen molar-refractivity contribution in [3.63, 3.8) is 0 Å². The molecule has 0 aliphatic carbocycles. The molecule has 19 heavy (non-hydrogen) atoms. The van der Waals surface area contributed by atoms with Crippen LogP contribution in [-0.2, 0) is 0 Å². The molecule has 1 heterocycles. The Morgan fingerprint density at radius 3 is 2.84 bits per heavy atom. The van der Waals surface area contributed by atoms with Gasteiger partial charge in [0.25, 0.3) is 0 Å². The average Bonchev–Trinajstić information content (AvgIpc) is 2.84. The van der Waals surface area contributed by atoms with E-state index >= 15 is 0 Å². The minimum absolute atomic E-state index is 0.717. The van der Waals surface area contributed by atoms with E-state index in [0.29, 0.717) is 5.25 Å². The Balaban J connectivity index is 1.75. The third kappa shape index (κ3) is 5.01. The van der Waals surface area contributed by atoms with Gasteiger partial charge < -0.3 is 0 Å². The fourth-order valence-electron chi connectivity index (χ4n) is 1.92. The first-order chi connectivity index (χ1) is 9.29. The monoisotopic (exact) mass is 311 g/mol. The maximum Gasteiger partial charge on any atom is 0.161 e. The van der Waals surface area contributed by atoms with Gasteiger partial charge in [-0.05, 0) is 29.3 Å². The highest BCUT2D eigenvalue weighted by molar-refractivity contribution is 8.77. The van der Waals surface area contributed by atoms with Gasteiger partial charge in [-0.15, -0.1) is 11.3 Å². The summed E-state index contributed by atoms with van der Waals surface area (Å²) in [5.74, 6) is 0. The minimum Gasteiger partial charge on any atom is -0.229 e. The summed E-state index contributed by atoms with van der Waals surface area (Å²) in [7, 11) is 3.81. The molecule has 0 bridgehead atoms. The Hall–Kier alpha value is -0.190. The zero-order chi connectivity index (χ0) is 13.5. The highest BCUT2D eigenvalue weighted by atomic mass is 33.1. The van der Waals surface area contributed by atoms with Crippen LogP contribution in [0.15, 0.2) is 28.6 Å². The van der Waals surface area contributed by atoms with E-state index in [0.717, 1.165) is 5.52 Å². The van der Waals surface area contributed by atoms with E-state index in [4.69, 9.17) is 0 Å². The Labute approximate surface area is 128 Å². The van der Waals surface area contributed by atoms with Gasteiger partial charge in [0.1, 0.15) is 0 Å². The summed E-state index contributed by atoms with van der Waals surface area (Å²) in [5.41, 5.74) is 1.13. The van der Waals surface area contributed by atoms with Crippen LogP contribution in [0, 0.1) is 0 Å². The van der Waals surface area contributed by atoms with E-state index < -0.39 is 0 Å². The van der Waals surface area contributed by atoms with Gasteiger partial charge in [0.15, 0.2) is 4.34 Å². The van der Waals surface area contributed by atoms with Crippen LogP contribution in [0.25, 0.3) is 10.2 Å². The number of hydrogen-bond donors (Lipinski definition) is 0. The Kier molecular flexibility index (Phi) is 6.54. The van der Waals surface area contributed by atoms with Crippen molar-refractivity contribution >= 4 is 43.1 Å². The number of aromatic nitrogens is 1. The van der Waals surface area contributed by atoms with Crippen molar-refractivity contribution < 1.29 is 0 Å². The molecular weight excluding hydrogens is 290 g/mol. The van der Waals surface area contributed by atoms with Gasteiger partial charge in [0.2, 0.25) is 0 Å². The zero-order valence-corrected chi connectivity index (χ0v) is 14.0. The fraction of sp³-hybridized carbons (Fsp3) is 0.533. The summed E-state index contributed by atoms with van der Waals surface area (Å²) < 4.78 is 2.48. The number of benzene rings is 1. The predicted molar refractivity (Wildman–Crippen MR) is 91.3 cm³/mol. The molecule has 1 atom stereocenters. The molecule has 4 heteroatoms. The average molecular weight is 312 g/mol. The third-order valence-electron chi connectivity index (χ3n) is 3.02. The van der Waals surface area contributed by atoms with E-state index in [9.17, 15) is 0 Å². The topological polar surface area (TPSA) is 12.9 Å². The Morgan fingerprint density at radius 2 is 2.05 bits per heavy atom. The van der Waals surface area contributed by atoms with E-state index in [1.54, 1.807) is 11.3 Å². The van der Waals surface area contributed by atoms with E-state index in [2.05, 4.69) is 43.1 Å². The molecule has 1 aromatic heterocycles. The van der Waals surface area contributed by atoms with Crippen LogP contribution in [0.5, 0.6) is 0 Å². The van der Waals surface area contributed by atoms with Crippen molar-refractivity contribution in [2.24, 2.45) is 0 Å². The van der Waals surface area contributed by atoms with Gasteiger partial charge in [0.05, 0.1) is 10.2 Å². The molecule has 1 nitrogen and oxygen atoms in total. The maximum absolute atomic E-state index is 4.66. The number of hydrogen-bond acceptors (Lipinski definition) is 4. The molecule has 104 valence electrons. The van der Waals surface area contributed by atoms with Crippen molar-refractivity contribution in [2.45, 2.75) is 55.5 Å². The van der Waals surface area contributed by atoms with Crippen molar-refractivity contribution in [1.29, 1.82) is 0 Å². The largest absolute Gasteiger partial charge is 0.229 e. The summed E-state index contributed by atoms with van der Waals surface area (Å²) in [6.45, 7) is 4.60. The fourth-order valence-corrected chi connectivity index (χ4v) is 5.46. The van der Waals surface area contributed by atoms with Crippen LogP contribution >= 0.6 is 32.9 Å². The van der Waals surface area contributed by atoms with Crippen molar-refractivity contribution in [3.05, 3.63) is 24.3 Å². The maximum atomic E-state index is 4.66. The van der Waals surface area contributed by atoms with Crippen LogP contribution in [-0.4, -0.2) is 10.2 Å². The lowest BCUT2D eigenvalue weighted by Gasteiger charge is -2.08. The van der Waals surface area contributed by atoms with Crippen LogP contribution in [0.1, 0.15) is 46.0 Å². The van der Waals surface area contributed by atoms with E-state index in [1.807, 2.05) is 21.6 Å². The summed E-state index contributed by atoms with van der Waals surface area (Å²) in [4.78, 5) is 4.66. The van der Waals surface area contributed by atoms with Gasteiger partial charge >= 0.3 is 0 Å². The lowest BCUT2D eigenvalue weighted by atomic mass is 10.1. The van der Waals surface area contributed by atoms with Gasteiger partial charge in [-0.25, -0.2) is 4.98 Å². The summed E-state index contributed by atoms with van der Waals surface area (Å²) in [6, 6.07) is 8.38. The van der Waals surface area contributed by atoms with E-state index in [-0.39, 0.29) is 0 Å². The molecule has 2 aromatic rings. The van der Waals surface area contributed by atoms with Crippen LogP contribution < -0.4 is 0 Å². The molecule has 0 spiro atoms. The summed E-state index contributed by atoms with van der Waals surface area (Å²) in [5, 5.41) is 0.717. The van der Waals surface area contributed by atoms with Gasteiger partial charge in [0, 0.05) is 5.25 Å². The van der Waals surface area contributed by atoms with Gasteiger partial charge in [-0.3, -0.25) is 0 Å². The SMILES string of the molecule is CCCCCCC(C)SSc1nc2ccccc2s1. The van der Waals surface area contributed by atoms with Crippen LogP contribution in [0.2, 0.25) is 0 Å². The van der Waals surface area contributed by atoms with E-state index in [1.165, 1.54) is 41.1 Å². The molecule has 0 N–H and O–H groups in total. The van der Waals surface area contributed by atoms with Crippen molar-refractivity contribution in [2.75, 3.05) is 0 Å². The third-order valence-corrected chi connectivity index (χ3v) is 7.31. The Bertz CT molecular complexity index is 462. The molecule has 0 amide bonds. The van der Waals surface area contributed by atoms with Gasteiger partial charge in [-0.1, -0.05) is 62.5 Å². The molecular formula is C15H21NS3. The second-order valence-electron chi connectivity index (χ2n) is 4.79. The standard InChI is InChI=1S/C15H21NS3/c1-3-4-5-6-9-12(2)18-19-15-16-13-10-7-8-11-14(13)17-15/h7-8,10-12H,3-6,9H2,1-2H3. The van der Waals surface area contributed by atoms with Gasteiger partial charge in [-0.2, -0.15) is 0 Å². The molecule has 0 fully saturated rings. The molecule has 0 saturated carbocycles. The van der Waals surface area contributed by atoms with Crippen LogP contribution in [0.4, 0.5) is 0 Å². The highest BCUT2D eigenvalue weighted by Crippen LogP contribution is 2.39. The predicted octanol–water partition coefficient (Wildman–Crippen LogP) is 6.40. The second kappa shape index (κ2) is 8.18. The normalized spacial score (nSPS) is 12.9. The highest BCUT2D eigenvalue weighted by Gasteiger charge is 2.08. The quantitative estimate of drug-likeness (QED) is 0.414. The number of rotatable bonds is 8. The minimum atomic E-state index is 0.717. The summed E-state index contributed by atoms with van der Waals surface area (Å²) >= 11 is 1.80. The Morgan fingerprint density at radius 1 is 1.21 bits per heavy atom. The zero-order valence-electron chi connectivity index (χ0n) is 11.6. The first-order valence-electron chi connectivity index (χ1n) is 6.98. The molecule has 0 saturated heterocycles. The molecule has 1 unspecified atom stereocenters. The number of nitrogens with zero attached hydrogens (tertiary/aromatic N) is 1. The number of thiazole rings is 1. The molecule has 1 aromatic carbocycles. The smallest absolute Gasteiger partial charge is 0.161 e. The number of para-hydroxylation sites is 1. The van der Waals surface area contributed by atoms with Crippen molar-refractivity contribution in [3.8, 4) is 0 Å². The first-order valence-corrected chi connectivity index (χ1v) is 10.0.